The van der Waals surface area contributed by atoms with E-state index in [-0.39, 0.29) is 44.4 Å². The number of hydrogen-bond donors (Lipinski definition) is 0. The van der Waals surface area contributed by atoms with Gasteiger partial charge in [0.25, 0.3) is 0 Å². The minimum atomic E-state index is -1.36. The van der Waals surface area contributed by atoms with Crippen LogP contribution in [0.3, 0.4) is 0 Å². The van der Waals surface area contributed by atoms with Crippen LogP contribution in [0, 0.1) is 12.1 Å². The van der Waals surface area contributed by atoms with Gasteiger partial charge >= 0.3 is 20.1 Å². The Hall–Kier alpha value is -4.48. The van der Waals surface area contributed by atoms with Gasteiger partial charge in [0.05, 0.1) is 8.07 Å². The summed E-state index contributed by atoms with van der Waals surface area (Å²) >= 11 is 0. The molecule has 6 heteroatoms. The topological polar surface area (TPSA) is 43.4 Å². The Morgan fingerprint density at radius 2 is 1.53 bits per heavy atom. The van der Waals surface area contributed by atoms with Crippen LogP contribution in [0.4, 0.5) is 17.1 Å². The molecular weight excluding hydrogens is 819 g/mol. The molecule has 1 aliphatic rings. The maximum atomic E-state index is 7.64. The number of benzene rings is 5. The molecule has 0 radical (unpaired) electrons. The molecule has 4 nitrogen and oxygen atoms in total. The first-order chi connectivity index (χ1) is 25.3. The molecule has 0 saturated carbocycles. The summed E-state index contributed by atoms with van der Waals surface area (Å²) in [6, 6.07) is 39.3. The third-order valence-electron chi connectivity index (χ3n) is 9.29. The van der Waals surface area contributed by atoms with E-state index in [4.69, 9.17) is 13.8 Å². The summed E-state index contributed by atoms with van der Waals surface area (Å²) in [6.45, 7) is 15.9. The van der Waals surface area contributed by atoms with Crippen molar-refractivity contribution in [1.82, 2.24) is 4.98 Å². The fourth-order valence-corrected chi connectivity index (χ4v) is 7.62. The van der Waals surface area contributed by atoms with Crippen LogP contribution in [-0.2, 0) is 20.1 Å². The second-order valence-corrected chi connectivity index (χ2v) is 19.6. The maximum absolute atomic E-state index is 7.64. The first-order valence-corrected chi connectivity index (χ1v) is 20.8. The summed E-state index contributed by atoms with van der Waals surface area (Å²) < 4.78 is 28.8. The van der Waals surface area contributed by atoms with Gasteiger partial charge in [0, 0.05) is 31.3 Å². The minimum Gasteiger partial charge on any atom is -0.661 e. The SMILES string of the molecule is CC(C)c1cccc(C(C)C)c1N1c2ccccc2[N-]C1c1[c-]cc2oc3ccccc3c2c1.[2H]c1[c-]c(-c2ccc([Si](C)(C)C)cn2)cc([2H])c1[2H].[Ir+3]. The number of furan rings is 1. The van der Waals surface area contributed by atoms with Gasteiger partial charge in [-0.05, 0) is 53.5 Å². The van der Waals surface area contributed by atoms with E-state index in [0.29, 0.717) is 23.1 Å². The third-order valence-corrected chi connectivity index (χ3v) is 11.3. The van der Waals surface area contributed by atoms with Crippen LogP contribution in [0.15, 0.2) is 126 Å². The van der Waals surface area contributed by atoms with Gasteiger partial charge in [-0.3, -0.25) is 0 Å². The molecule has 0 bridgehead atoms. The van der Waals surface area contributed by atoms with Crippen molar-refractivity contribution in [3.8, 4) is 11.3 Å². The van der Waals surface area contributed by atoms with Crippen molar-refractivity contribution in [2.75, 3.05) is 4.90 Å². The molecule has 1 unspecified atom stereocenters. The standard InChI is InChI=1S/C31H28N2O.C14H16NSi.Ir/c1-19(2)22-11-9-12-23(20(3)4)30(22)33-27-14-7-6-13-26(27)32-31(33)21-16-17-29-25(18-21)24-10-5-8-15-28(24)34-29;1-16(2,3)13-9-10-14(15-11-13)12-7-5-4-6-8-12;/h5-15,17-20,31H,1-4H3;4-7,9-11H,1-3H3;/q-2;-1;+3/i;4D,5D,6D;. The predicted molar refractivity (Wildman–Crippen MR) is 213 cm³/mol. The summed E-state index contributed by atoms with van der Waals surface area (Å²) in [5.74, 6) is 0.790. The Kier molecular flexibility index (Phi) is 9.54. The number of hydrogen-bond acceptors (Lipinski definition) is 3. The fraction of sp³-hybridized carbons (Fsp3) is 0.222. The molecular formula is C45H44IrN3OSi. The maximum Gasteiger partial charge on any atom is 3.00 e. The van der Waals surface area contributed by atoms with Crippen LogP contribution in [0.25, 0.3) is 38.5 Å². The fourth-order valence-electron chi connectivity index (χ4n) is 6.59. The van der Waals surface area contributed by atoms with Gasteiger partial charge in [0.1, 0.15) is 5.58 Å². The molecule has 1 aliphatic heterocycles. The number of rotatable bonds is 6. The first-order valence-electron chi connectivity index (χ1n) is 18.8. The van der Waals surface area contributed by atoms with Gasteiger partial charge in [0.15, 0.2) is 0 Å². The summed E-state index contributed by atoms with van der Waals surface area (Å²) in [7, 11) is -1.36. The number of para-hydroxylation sites is 4. The molecule has 1 atom stereocenters. The zero-order valence-electron chi connectivity index (χ0n) is 33.1. The second-order valence-electron chi connectivity index (χ2n) is 14.5. The Labute approximate surface area is 321 Å². The molecule has 0 N–H and O–H groups in total. The van der Waals surface area contributed by atoms with E-state index >= 15 is 0 Å². The summed E-state index contributed by atoms with van der Waals surface area (Å²) in [5.41, 5.74) is 10.2. The average Bonchev–Trinajstić information content (AvgIpc) is 3.71. The Morgan fingerprint density at radius 1 is 0.804 bits per heavy atom. The van der Waals surface area contributed by atoms with Gasteiger partial charge in [-0.2, -0.15) is 17.7 Å². The van der Waals surface area contributed by atoms with E-state index in [2.05, 4.69) is 136 Å². The van der Waals surface area contributed by atoms with Crippen LogP contribution in [0.2, 0.25) is 19.6 Å². The Bertz CT molecular complexity index is 2390. The summed E-state index contributed by atoms with van der Waals surface area (Å²) in [6.07, 6.45) is 1.69. The van der Waals surface area contributed by atoms with Crippen molar-refractivity contribution in [3.05, 3.63) is 156 Å². The molecule has 0 saturated heterocycles. The van der Waals surface area contributed by atoms with Crippen molar-refractivity contribution in [3.63, 3.8) is 0 Å². The number of nitrogens with zero attached hydrogens (tertiary/aromatic N) is 3. The van der Waals surface area contributed by atoms with Crippen LogP contribution in [0.5, 0.6) is 0 Å². The number of fused-ring (bicyclic) bond motifs is 4. The van der Waals surface area contributed by atoms with Crippen molar-refractivity contribution < 1.29 is 28.6 Å². The average molecular weight is 866 g/mol. The second kappa shape index (κ2) is 15.0. The molecule has 7 aromatic rings. The number of aromatic nitrogens is 1. The molecule has 0 fully saturated rings. The molecule has 3 heterocycles. The van der Waals surface area contributed by atoms with Gasteiger partial charge in [-0.25, -0.2) is 0 Å². The molecule has 0 amide bonds. The quantitative estimate of drug-likeness (QED) is 0.124. The van der Waals surface area contributed by atoms with E-state index in [1.165, 1.54) is 28.1 Å². The number of pyridine rings is 1. The first kappa shape index (κ1) is 32.4. The van der Waals surface area contributed by atoms with E-state index in [9.17, 15) is 0 Å². The van der Waals surface area contributed by atoms with Gasteiger partial charge < -0.3 is 19.6 Å². The summed E-state index contributed by atoms with van der Waals surface area (Å²) in [5, 5.41) is 8.72. The zero-order chi connectivity index (χ0) is 37.6. The smallest absolute Gasteiger partial charge is 0.661 e. The Balaban J connectivity index is 0.000000213. The monoisotopic (exact) mass is 866 g/mol. The molecule has 8 rings (SSSR count). The molecule has 258 valence electrons. The molecule has 51 heavy (non-hydrogen) atoms. The minimum absolute atomic E-state index is 0. The van der Waals surface area contributed by atoms with E-state index in [0.717, 1.165) is 38.9 Å². The van der Waals surface area contributed by atoms with E-state index < -0.39 is 8.07 Å². The van der Waals surface area contributed by atoms with Crippen LogP contribution >= 0.6 is 0 Å². The van der Waals surface area contributed by atoms with Gasteiger partial charge in [-0.15, -0.1) is 47.6 Å². The molecule has 0 spiro atoms. The van der Waals surface area contributed by atoms with Crippen LogP contribution in [0.1, 0.15) is 66.5 Å². The van der Waals surface area contributed by atoms with Gasteiger partial charge in [-0.1, -0.05) is 119 Å². The largest absolute Gasteiger partial charge is 3.00 e. The normalized spacial score (nSPS) is 14.7. The van der Waals surface area contributed by atoms with Crippen molar-refractivity contribution >= 4 is 52.3 Å². The number of anilines is 2. The van der Waals surface area contributed by atoms with E-state index in [1.54, 1.807) is 0 Å². The zero-order valence-corrected chi connectivity index (χ0v) is 33.5. The van der Waals surface area contributed by atoms with Crippen molar-refractivity contribution in [2.45, 2.75) is 65.3 Å². The van der Waals surface area contributed by atoms with Crippen LogP contribution < -0.4 is 10.1 Å². The molecule has 0 aliphatic carbocycles. The Morgan fingerprint density at radius 3 is 2.22 bits per heavy atom. The van der Waals surface area contributed by atoms with E-state index in [1.807, 2.05) is 30.5 Å². The summed E-state index contributed by atoms with van der Waals surface area (Å²) in [4.78, 5) is 6.83. The van der Waals surface area contributed by atoms with Crippen molar-refractivity contribution in [1.29, 1.82) is 0 Å². The predicted octanol–water partition coefficient (Wildman–Crippen LogP) is 12.6. The third kappa shape index (κ3) is 7.32. The van der Waals surface area contributed by atoms with Crippen LogP contribution in [-0.4, -0.2) is 13.1 Å². The molecule has 5 aromatic carbocycles. The van der Waals surface area contributed by atoms with Crippen molar-refractivity contribution in [2.24, 2.45) is 0 Å². The molecule has 2 aromatic heterocycles. The van der Waals surface area contributed by atoms with Gasteiger partial charge in [0.2, 0.25) is 0 Å².